The van der Waals surface area contributed by atoms with Crippen molar-refractivity contribution < 1.29 is 23.1 Å². The number of nitrogens with zero attached hydrogens (tertiary/aromatic N) is 3. The molecule has 1 aromatic heterocycles. The average molecular weight is 402 g/mol. The number of methoxy groups -OCH3 is 1. The molecule has 0 radical (unpaired) electrons. The first-order valence-corrected chi connectivity index (χ1v) is 9.84. The number of hydrogen-bond acceptors (Lipinski definition) is 7. The Morgan fingerprint density at radius 3 is 2.54 bits per heavy atom. The highest BCUT2D eigenvalue weighted by molar-refractivity contribution is 7.90. The number of halogens is 1. The zero-order valence-corrected chi connectivity index (χ0v) is 16.4. The van der Waals surface area contributed by atoms with Crippen molar-refractivity contribution in [2.75, 3.05) is 38.5 Å². The SMILES string of the molecule is COCCN(C)c1c(S(C)(=O)=O)ccc(C(=O)c2cnn(C)c2O)c1Cl. The summed E-state index contributed by atoms with van der Waals surface area (Å²) in [6, 6.07) is 2.67. The van der Waals surface area contributed by atoms with Gasteiger partial charge in [-0.3, -0.25) is 4.79 Å². The van der Waals surface area contributed by atoms with E-state index in [9.17, 15) is 18.3 Å². The fraction of sp³-hybridized carbons (Fsp3) is 0.375. The quantitative estimate of drug-likeness (QED) is 0.701. The minimum atomic E-state index is -3.58. The van der Waals surface area contributed by atoms with E-state index >= 15 is 0 Å². The lowest BCUT2D eigenvalue weighted by atomic mass is 10.0. The van der Waals surface area contributed by atoms with E-state index in [1.165, 1.54) is 32.5 Å². The Kier molecular flexibility index (Phi) is 5.94. The molecule has 0 aliphatic rings. The summed E-state index contributed by atoms with van der Waals surface area (Å²) in [6.07, 6.45) is 2.30. The molecule has 1 aromatic carbocycles. The van der Waals surface area contributed by atoms with Crippen LogP contribution in [0.2, 0.25) is 5.02 Å². The molecule has 2 rings (SSSR count). The summed E-state index contributed by atoms with van der Waals surface area (Å²) in [5.41, 5.74) is 0.258. The van der Waals surface area contributed by atoms with E-state index in [0.717, 1.165) is 10.9 Å². The summed E-state index contributed by atoms with van der Waals surface area (Å²) in [5, 5.41) is 13.8. The second-order valence-electron chi connectivity index (χ2n) is 5.79. The van der Waals surface area contributed by atoms with Crippen LogP contribution in [0.15, 0.2) is 23.2 Å². The van der Waals surface area contributed by atoms with Crippen LogP contribution in [0, 0.1) is 0 Å². The molecule has 142 valence electrons. The number of sulfone groups is 1. The van der Waals surface area contributed by atoms with E-state index in [4.69, 9.17) is 16.3 Å². The second kappa shape index (κ2) is 7.65. The molecule has 0 fully saturated rings. The van der Waals surface area contributed by atoms with Crippen molar-refractivity contribution in [1.82, 2.24) is 9.78 Å². The maximum Gasteiger partial charge on any atom is 0.220 e. The number of aromatic hydroxyl groups is 1. The summed E-state index contributed by atoms with van der Waals surface area (Å²) >= 11 is 6.42. The molecule has 0 saturated heterocycles. The zero-order valence-electron chi connectivity index (χ0n) is 14.9. The van der Waals surface area contributed by atoms with Gasteiger partial charge in [-0.15, -0.1) is 0 Å². The molecular formula is C16H20ClN3O5S. The number of carbonyl (C=O) groups is 1. The van der Waals surface area contributed by atoms with Crippen LogP contribution in [0.25, 0.3) is 0 Å². The van der Waals surface area contributed by atoms with Gasteiger partial charge in [-0.2, -0.15) is 5.10 Å². The first-order chi connectivity index (χ1) is 12.1. The number of aromatic nitrogens is 2. The number of likely N-dealkylation sites (N-methyl/N-ethyl adjacent to an activating group) is 1. The number of anilines is 1. The number of benzene rings is 1. The van der Waals surface area contributed by atoms with Crippen molar-refractivity contribution in [3.05, 3.63) is 34.5 Å². The fourth-order valence-corrected chi connectivity index (χ4v) is 3.83. The highest BCUT2D eigenvalue weighted by atomic mass is 35.5. The van der Waals surface area contributed by atoms with E-state index in [1.54, 1.807) is 11.9 Å². The highest BCUT2D eigenvalue weighted by Gasteiger charge is 2.26. The number of ketones is 1. The smallest absolute Gasteiger partial charge is 0.220 e. The zero-order chi connectivity index (χ0) is 19.6. The Bertz CT molecular complexity index is 940. The summed E-state index contributed by atoms with van der Waals surface area (Å²) in [7, 11) is 1.09. The Hall–Kier alpha value is -2.10. The lowest BCUT2D eigenvalue weighted by Crippen LogP contribution is -2.25. The van der Waals surface area contributed by atoms with Crippen LogP contribution in [0.3, 0.4) is 0 Å². The van der Waals surface area contributed by atoms with E-state index in [0.29, 0.717) is 13.2 Å². The van der Waals surface area contributed by atoms with Gasteiger partial charge < -0.3 is 14.7 Å². The predicted molar refractivity (Wildman–Crippen MR) is 98.0 cm³/mol. The normalized spacial score (nSPS) is 11.6. The topological polar surface area (TPSA) is 102 Å². The molecule has 0 bridgehead atoms. The van der Waals surface area contributed by atoms with E-state index in [-0.39, 0.29) is 32.6 Å². The Morgan fingerprint density at radius 1 is 1.38 bits per heavy atom. The lowest BCUT2D eigenvalue weighted by Gasteiger charge is -2.24. The molecule has 0 unspecified atom stereocenters. The van der Waals surface area contributed by atoms with Crippen LogP contribution in [-0.2, 0) is 21.6 Å². The second-order valence-corrected chi connectivity index (χ2v) is 8.16. The molecule has 0 spiro atoms. The average Bonchev–Trinajstić information content (AvgIpc) is 2.90. The third-order valence-corrected chi connectivity index (χ3v) is 5.40. The first-order valence-electron chi connectivity index (χ1n) is 7.57. The van der Waals surface area contributed by atoms with Crippen molar-refractivity contribution in [2.45, 2.75) is 4.90 Å². The van der Waals surface area contributed by atoms with Gasteiger partial charge in [-0.05, 0) is 12.1 Å². The van der Waals surface area contributed by atoms with Crippen LogP contribution >= 0.6 is 11.6 Å². The van der Waals surface area contributed by atoms with Crippen LogP contribution in [0.4, 0.5) is 5.69 Å². The van der Waals surface area contributed by atoms with Crippen molar-refractivity contribution in [2.24, 2.45) is 7.05 Å². The van der Waals surface area contributed by atoms with Crippen molar-refractivity contribution >= 4 is 32.9 Å². The van der Waals surface area contributed by atoms with Gasteiger partial charge in [0.25, 0.3) is 0 Å². The number of hydrogen-bond donors (Lipinski definition) is 1. The molecule has 0 aliphatic heterocycles. The molecule has 10 heteroatoms. The van der Waals surface area contributed by atoms with Crippen molar-refractivity contribution in [3.8, 4) is 5.88 Å². The molecule has 8 nitrogen and oxygen atoms in total. The van der Waals surface area contributed by atoms with Crippen molar-refractivity contribution in [1.29, 1.82) is 0 Å². The minimum Gasteiger partial charge on any atom is -0.493 e. The van der Waals surface area contributed by atoms with Crippen LogP contribution < -0.4 is 4.90 Å². The van der Waals surface area contributed by atoms with Gasteiger partial charge in [0.15, 0.2) is 9.84 Å². The largest absolute Gasteiger partial charge is 0.493 e. The molecule has 2 aromatic rings. The number of rotatable bonds is 7. The molecule has 1 heterocycles. The molecule has 0 atom stereocenters. The van der Waals surface area contributed by atoms with Gasteiger partial charge in [-0.1, -0.05) is 11.6 Å². The molecule has 0 saturated carbocycles. The summed E-state index contributed by atoms with van der Waals surface area (Å²) < 4.78 is 30.4. The lowest BCUT2D eigenvalue weighted by molar-refractivity contribution is 0.103. The third-order valence-electron chi connectivity index (χ3n) is 3.89. The van der Waals surface area contributed by atoms with E-state index in [2.05, 4.69) is 5.10 Å². The first kappa shape index (κ1) is 20.2. The predicted octanol–water partition coefficient (Wildman–Crippen LogP) is 1.50. The molecule has 26 heavy (non-hydrogen) atoms. The third kappa shape index (κ3) is 3.84. The molecule has 1 N–H and O–H groups in total. The van der Waals surface area contributed by atoms with E-state index in [1.807, 2.05) is 0 Å². The van der Waals surface area contributed by atoms with E-state index < -0.39 is 15.6 Å². The number of carbonyl (C=O) groups excluding carboxylic acids is 1. The highest BCUT2D eigenvalue weighted by Crippen LogP contribution is 2.37. The van der Waals surface area contributed by atoms with Crippen LogP contribution in [0.5, 0.6) is 5.88 Å². The minimum absolute atomic E-state index is 0.00746. The fourth-order valence-electron chi connectivity index (χ4n) is 2.45. The summed E-state index contributed by atoms with van der Waals surface area (Å²) in [6.45, 7) is 0.714. The maximum absolute atomic E-state index is 12.8. The standard InChI is InChI=1S/C16H20ClN3O5S/c1-19(7-8-25-3)14-12(26(4,23)24)6-5-10(13(14)17)15(21)11-9-18-20(2)16(11)22/h5-6,9,22H,7-8H2,1-4H3. The molecule has 0 amide bonds. The molecular weight excluding hydrogens is 382 g/mol. The van der Waals surface area contributed by atoms with Gasteiger partial charge in [0, 0.05) is 39.6 Å². The van der Waals surface area contributed by atoms with Gasteiger partial charge >= 0.3 is 0 Å². The number of ether oxygens (including phenoxy) is 1. The summed E-state index contributed by atoms with van der Waals surface area (Å²) in [4.78, 5) is 14.4. The molecule has 0 aliphatic carbocycles. The Labute approximate surface area is 156 Å². The Morgan fingerprint density at radius 2 is 2.04 bits per heavy atom. The van der Waals surface area contributed by atoms with Gasteiger partial charge in [-0.25, -0.2) is 13.1 Å². The monoisotopic (exact) mass is 401 g/mol. The Balaban J connectivity index is 2.63. The maximum atomic E-state index is 12.8. The van der Waals surface area contributed by atoms with Crippen molar-refractivity contribution in [3.63, 3.8) is 0 Å². The number of aryl methyl sites for hydroxylation is 1. The van der Waals surface area contributed by atoms with Gasteiger partial charge in [0.2, 0.25) is 11.7 Å². The van der Waals surface area contributed by atoms with Crippen LogP contribution in [0.1, 0.15) is 15.9 Å². The summed E-state index contributed by atoms with van der Waals surface area (Å²) in [5.74, 6) is -0.852. The van der Waals surface area contributed by atoms with Gasteiger partial charge in [0.1, 0.15) is 5.56 Å². The van der Waals surface area contributed by atoms with Gasteiger partial charge in [0.05, 0.1) is 28.4 Å². The van der Waals surface area contributed by atoms with Crippen LogP contribution in [-0.4, -0.2) is 62.7 Å².